The molecule has 6 heteroatoms. The fraction of sp³-hybridized carbons (Fsp3) is 0.174. The van der Waals surface area contributed by atoms with Crippen LogP contribution in [0, 0.1) is 0 Å². The molecule has 0 aliphatic heterocycles. The Balaban J connectivity index is 1.71. The number of aromatic nitrogens is 1. The average Bonchev–Trinajstić information content (AvgIpc) is 3.39. The van der Waals surface area contributed by atoms with E-state index in [2.05, 4.69) is 24.0 Å². The number of hydrogen-bond donors (Lipinski definition) is 1. The molecule has 2 aromatic heterocycles. The van der Waals surface area contributed by atoms with Crippen LogP contribution in [-0.4, -0.2) is 30.0 Å². The minimum absolute atomic E-state index is 0.323. The lowest BCUT2D eigenvalue weighted by Gasteiger charge is -2.12. The number of carbonyl (C=O) groups is 2. The summed E-state index contributed by atoms with van der Waals surface area (Å²) in [5.41, 5.74) is 4.11. The van der Waals surface area contributed by atoms with E-state index in [-0.39, 0.29) is 12.5 Å². The normalized spacial score (nSPS) is 14.0. The van der Waals surface area contributed by atoms with E-state index in [1.807, 2.05) is 35.7 Å². The summed E-state index contributed by atoms with van der Waals surface area (Å²) >= 11 is 1.67. The van der Waals surface area contributed by atoms with Crippen molar-refractivity contribution in [1.29, 1.82) is 0 Å². The second-order valence-corrected chi connectivity index (χ2v) is 7.66. The SMILES string of the molecule is C=CCNC(=O)COC(=O)c1c2c(nc3ccccc13)/C(=C/c1cccs1)CC2. The van der Waals surface area contributed by atoms with Crippen LogP contribution in [0.5, 0.6) is 0 Å². The van der Waals surface area contributed by atoms with Gasteiger partial charge in [0.25, 0.3) is 5.91 Å². The Morgan fingerprint density at radius 1 is 1.21 bits per heavy atom. The standard InChI is InChI=1S/C23H20N2O3S/c1-2-11-24-20(26)14-28-23(27)21-17-7-3-4-8-19(17)25-22-15(9-10-18(21)22)13-16-6-5-12-29-16/h2-8,12-13H,1,9-11,14H2,(H,24,26)/b15-13+. The van der Waals surface area contributed by atoms with E-state index in [4.69, 9.17) is 9.72 Å². The molecule has 1 aliphatic rings. The highest BCUT2D eigenvalue weighted by Crippen LogP contribution is 2.38. The summed E-state index contributed by atoms with van der Waals surface area (Å²) in [4.78, 5) is 30.8. The first-order chi connectivity index (χ1) is 14.2. The summed E-state index contributed by atoms with van der Waals surface area (Å²) in [5.74, 6) is -0.850. The fourth-order valence-corrected chi connectivity index (χ4v) is 4.18. The number of rotatable bonds is 6. The van der Waals surface area contributed by atoms with Gasteiger partial charge in [-0.25, -0.2) is 9.78 Å². The van der Waals surface area contributed by atoms with Gasteiger partial charge in [0.05, 0.1) is 16.8 Å². The molecule has 1 aromatic carbocycles. The van der Waals surface area contributed by atoms with Crippen molar-refractivity contribution in [1.82, 2.24) is 10.3 Å². The molecule has 0 spiro atoms. The Morgan fingerprint density at radius 2 is 2.07 bits per heavy atom. The van der Waals surface area contributed by atoms with Crippen molar-refractivity contribution in [3.05, 3.63) is 76.1 Å². The van der Waals surface area contributed by atoms with Gasteiger partial charge in [-0.05, 0) is 47.6 Å². The topological polar surface area (TPSA) is 68.3 Å². The number of hydrogen-bond acceptors (Lipinski definition) is 5. The van der Waals surface area contributed by atoms with Crippen molar-refractivity contribution in [3.63, 3.8) is 0 Å². The molecule has 0 bridgehead atoms. The van der Waals surface area contributed by atoms with Crippen molar-refractivity contribution >= 4 is 45.8 Å². The van der Waals surface area contributed by atoms with Gasteiger partial charge in [0.15, 0.2) is 6.61 Å². The second kappa shape index (κ2) is 8.41. The van der Waals surface area contributed by atoms with Gasteiger partial charge in [-0.1, -0.05) is 30.3 Å². The molecule has 3 aromatic rings. The van der Waals surface area contributed by atoms with Gasteiger partial charge in [0.1, 0.15) is 0 Å². The zero-order chi connectivity index (χ0) is 20.2. The highest BCUT2D eigenvalue weighted by molar-refractivity contribution is 7.10. The number of nitrogens with one attached hydrogen (secondary N) is 1. The van der Waals surface area contributed by atoms with Crippen molar-refractivity contribution in [2.75, 3.05) is 13.2 Å². The van der Waals surface area contributed by atoms with E-state index in [0.29, 0.717) is 12.1 Å². The Bertz CT molecular complexity index is 1120. The monoisotopic (exact) mass is 404 g/mol. The highest BCUT2D eigenvalue weighted by atomic mass is 32.1. The first kappa shape index (κ1) is 19.1. The van der Waals surface area contributed by atoms with Gasteiger partial charge in [0.2, 0.25) is 0 Å². The Kier molecular flexibility index (Phi) is 5.53. The van der Waals surface area contributed by atoms with E-state index in [1.165, 1.54) is 0 Å². The molecular weight excluding hydrogens is 384 g/mol. The third-order valence-electron chi connectivity index (χ3n) is 4.78. The summed E-state index contributed by atoms with van der Waals surface area (Å²) in [6, 6.07) is 11.6. The van der Waals surface area contributed by atoms with Gasteiger partial charge < -0.3 is 10.1 Å². The van der Waals surface area contributed by atoms with Crippen LogP contribution in [0.25, 0.3) is 22.6 Å². The zero-order valence-electron chi connectivity index (χ0n) is 15.8. The number of thiophene rings is 1. The molecule has 1 aliphatic carbocycles. The predicted molar refractivity (Wildman–Crippen MR) is 116 cm³/mol. The number of carbonyl (C=O) groups excluding carboxylic acids is 2. The molecule has 1 amide bonds. The first-order valence-corrected chi connectivity index (χ1v) is 10.3. The first-order valence-electron chi connectivity index (χ1n) is 9.38. The lowest BCUT2D eigenvalue weighted by atomic mass is 10.0. The molecular formula is C23H20N2O3S. The maximum Gasteiger partial charge on any atom is 0.339 e. The molecule has 29 heavy (non-hydrogen) atoms. The third-order valence-corrected chi connectivity index (χ3v) is 5.60. The predicted octanol–water partition coefficient (Wildman–Crippen LogP) is 4.24. The fourth-order valence-electron chi connectivity index (χ4n) is 3.50. The molecule has 5 nitrogen and oxygen atoms in total. The Morgan fingerprint density at radius 3 is 2.86 bits per heavy atom. The molecule has 2 heterocycles. The molecule has 0 fully saturated rings. The van der Waals surface area contributed by atoms with Gasteiger partial charge in [-0.3, -0.25) is 4.79 Å². The minimum Gasteiger partial charge on any atom is -0.452 e. The molecule has 0 radical (unpaired) electrons. The molecule has 0 unspecified atom stereocenters. The summed E-state index contributed by atoms with van der Waals surface area (Å²) in [6.45, 7) is 3.56. The van der Waals surface area contributed by atoms with Gasteiger partial charge in [-0.15, -0.1) is 17.9 Å². The van der Waals surface area contributed by atoms with E-state index in [9.17, 15) is 9.59 Å². The molecule has 1 N–H and O–H groups in total. The quantitative estimate of drug-likeness (QED) is 0.493. The van der Waals surface area contributed by atoms with Gasteiger partial charge >= 0.3 is 5.97 Å². The van der Waals surface area contributed by atoms with Crippen molar-refractivity contribution in [2.45, 2.75) is 12.8 Å². The van der Waals surface area contributed by atoms with Crippen LogP contribution in [0.1, 0.15) is 32.9 Å². The molecule has 4 rings (SSSR count). The highest BCUT2D eigenvalue weighted by Gasteiger charge is 2.27. The van der Waals surface area contributed by atoms with Crippen LogP contribution in [0.15, 0.2) is 54.4 Å². The number of nitrogens with zero attached hydrogens (tertiary/aromatic N) is 1. The van der Waals surface area contributed by atoms with E-state index < -0.39 is 5.97 Å². The maximum atomic E-state index is 13.0. The summed E-state index contributed by atoms with van der Waals surface area (Å²) in [7, 11) is 0. The lowest BCUT2D eigenvalue weighted by Crippen LogP contribution is -2.29. The molecule has 0 atom stereocenters. The number of para-hydroxylation sites is 1. The van der Waals surface area contributed by atoms with Crippen LogP contribution < -0.4 is 5.32 Å². The zero-order valence-corrected chi connectivity index (χ0v) is 16.6. The maximum absolute atomic E-state index is 13.0. The Labute approximate surface area is 172 Å². The van der Waals surface area contributed by atoms with Crippen molar-refractivity contribution in [2.24, 2.45) is 0 Å². The van der Waals surface area contributed by atoms with Gasteiger partial charge in [0, 0.05) is 16.8 Å². The smallest absolute Gasteiger partial charge is 0.339 e. The number of esters is 1. The van der Waals surface area contributed by atoms with E-state index in [0.717, 1.165) is 45.5 Å². The molecule has 146 valence electrons. The van der Waals surface area contributed by atoms with Crippen LogP contribution in [0.4, 0.5) is 0 Å². The summed E-state index contributed by atoms with van der Waals surface area (Å²) in [6.07, 6.45) is 5.24. The number of allylic oxidation sites excluding steroid dienone is 1. The Hall–Kier alpha value is -3.25. The number of ether oxygens (including phenoxy) is 1. The van der Waals surface area contributed by atoms with Crippen LogP contribution in [-0.2, 0) is 16.0 Å². The lowest BCUT2D eigenvalue weighted by molar-refractivity contribution is -0.124. The third kappa shape index (κ3) is 3.98. The second-order valence-electron chi connectivity index (χ2n) is 6.68. The van der Waals surface area contributed by atoms with Gasteiger partial charge in [-0.2, -0.15) is 0 Å². The summed E-state index contributed by atoms with van der Waals surface area (Å²) in [5, 5.41) is 5.39. The number of pyridine rings is 1. The number of benzene rings is 1. The number of fused-ring (bicyclic) bond motifs is 2. The van der Waals surface area contributed by atoms with Crippen molar-refractivity contribution < 1.29 is 14.3 Å². The van der Waals surface area contributed by atoms with E-state index in [1.54, 1.807) is 17.4 Å². The summed E-state index contributed by atoms with van der Waals surface area (Å²) < 4.78 is 5.33. The molecule has 0 saturated carbocycles. The van der Waals surface area contributed by atoms with E-state index >= 15 is 0 Å². The van der Waals surface area contributed by atoms with Crippen LogP contribution >= 0.6 is 11.3 Å². The largest absolute Gasteiger partial charge is 0.452 e. The number of amides is 1. The minimum atomic E-state index is -0.494. The van der Waals surface area contributed by atoms with Crippen LogP contribution in [0.3, 0.4) is 0 Å². The average molecular weight is 404 g/mol. The molecule has 0 saturated heterocycles. The van der Waals surface area contributed by atoms with Crippen molar-refractivity contribution in [3.8, 4) is 0 Å². The van der Waals surface area contributed by atoms with Crippen LogP contribution in [0.2, 0.25) is 0 Å².